The topological polar surface area (TPSA) is 36.9 Å². The van der Waals surface area contributed by atoms with E-state index in [1.54, 1.807) is 7.11 Å². The van der Waals surface area contributed by atoms with E-state index in [0.29, 0.717) is 19.8 Å². The molecule has 0 amide bonds. The molecule has 1 rings (SSSR count). The lowest BCUT2D eigenvalue weighted by atomic mass is 9.86. The molecule has 19 heavy (non-hydrogen) atoms. The van der Waals surface area contributed by atoms with Crippen molar-refractivity contribution in [2.24, 2.45) is 0 Å². The first-order valence-corrected chi connectivity index (χ1v) is 7.67. The molecule has 0 N–H and O–H groups in total. The van der Waals surface area contributed by atoms with Crippen molar-refractivity contribution in [1.82, 2.24) is 0 Å². The molecule has 2 unspecified atom stereocenters. The first-order valence-electron chi connectivity index (χ1n) is 7.67. The molecular weight excluding hydrogens is 244 g/mol. The summed E-state index contributed by atoms with van der Waals surface area (Å²) in [5.41, 5.74) is -0.480. The third-order valence-corrected chi connectivity index (χ3v) is 3.73. The van der Waals surface area contributed by atoms with Crippen LogP contribution in [0.15, 0.2) is 0 Å². The van der Waals surface area contributed by atoms with Crippen molar-refractivity contribution in [3.8, 4) is 0 Å². The van der Waals surface area contributed by atoms with Gasteiger partial charge in [-0.25, -0.2) is 0 Å². The zero-order chi connectivity index (χ0) is 14.2. The molecule has 0 bridgehead atoms. The SMILES string of the molecule is CCCCC1(OC)CCCOC1(OCC)OCCC. The summed E-state index contributed by atoms with van der Waals surface area (Å²) in [5, 5.41) is 0. The molecule has 4 heteroatoms. The normalized spacial score (nSPS) is 31.6. The van der Waals surface area contributed by atoms with Crippen LogP contribution in [0.2, 0.25) is 0 Å². The summed E-state index contributed by atoms with van der Waals surface area (Å²) in [6.07, 6.45) is 5.97. The average molecular weight is 274 g/mol. The fourth-order valence-corrected chi connectivity index (χ4v) is 2.73. The van der Waals surface area contributed by atoms with E-state index in [-0.39, 0.29) is 0 Å². The largest absolute Gasteiger partial charge is 0.370 e. The summed E-state index contributed by atoms with van der Waals surface area (Å²) in [7, 11) is 1.74. The van der Waals surface area contributed by atoms with Gasteiger partial charge in [-0.1, -0.05) is 26.7 Å². The van der Waals surface area contributed by atoms with E-state index in [2.05, 4.69) is 13.8 Å². The van der Waals surface area contributed by atoms with Crippen molar-refractivity contribution in [3.63, 3.8) is 0 Å². The van der Waals surface area contributed by atoms with Gasteiger partial charge in [-0.3, -0.25) is 0 Å². The van der Waals surface area contributed by atoms with Gasteiger partial charge in [0.1, 0.15) is 5.60 Å². The Bertz CT molecular complexity index is 242. The Balaban J connectivity index is 2.95. The molecule has 0 aromatic rings. The Morgan fingerprint density at radius 3 is 2.47 bits per heavy atom. The molecule has 0 aliphatic carbocycles. The highest BCUT2D eigenvalue weighted by molar-refractivity contribution is 4.93. The van der Waals surface area contributed by atoms with Crippen molar-refractivity contribution >= 4 is 0 Å². The van der Waals surface area contributed by atoms with Gasteiger partial charge < -0.3 is 18.9 Å². The van der Waals surface area contributed by atoms with Crippen LogP contribution in [0.4, 0.5) is 0 Å². The third-order valence-electron chi connectivity index (χ3n) is 3.73. The Kier molecular flexibility index (Phi) is 7.29. The van der Waals surface area contributed by atoms with Crippen LogP contribution in [-0.2, 0) is 18.9 Å². The van der Waals surface area contributed by atoms with Crippen molar-refractivity contribution in [2.75, 3.05) is 26.9 Å². The maximum atomic E-state index is 5.99. The van der Waals surface area contributed by atoms with Gasteiger partial charge in [0, 0.05) is 13.7 Å². The fraction of sp³-hybridized carbons (Fsp3) is 1.00. The number of methoxy groups -OCH3 is 1. The van der Waals surface area contributed by atoms with Crippen molar-refractivity contribution in [2.45, 2.75) is 70.9 Å². The first-order chi connectivity index (χ1) is 9.20. The number of unbranched alkanes of at least 4 members (excludes halogenated alkanes) is 1. The van der Waals surface area contributed by atoms with E-state index in [9.17, 15) is 0 Å². The minimum absolute atomic E-state index is 0.480. The highest BCUT2D eigenvalue weighted by Gasteiger charge is 2.57. The summed E-state index contributed by atoms with van der Waals surface area (Å²) in [6, 6.07) is 0. The maximum Gasteiger partial charge on any atom is 0.313 e. The minimum atomic E-state index is -1.03. The zero-order valence-electron chi connectivity index (χ0n) is 13.0. The van der Waals surface area contributed by atoms with Crippen molar-refractivity contribution in [3.05, 3.63) is 0 Å². The van der Waals surface area contributed by atoms with Gasteiger partial charge in [-0.2, -0.15) is 0 Å². The quantitative estimate of drug-likeness (QED) is 0.603. The van der Waals surface area contributed by atoms with Crippen LogP contribution >= 0.6 is 0 Å². The van der Waals surface area contributed by atoms with Crippen molar-refractivity contribution < 1.29 is 18.9 Å². The molecule has 2 atom stereocenters. The van der Waals surface area contributed by atoms with Gasteiger partial charge in [0.05, 0.1) is 13.2 Å². The molecule has 1 aliphatic rings. The van der Waals surface area contributed by atoms with Gasteiger partial charge in [0.15, 0.2) is 0 Å². The number of hydrogen-bond acceptors (Lipinski definition) is 4. The Hall–Kier alpha value is -0.160. The Morgan fingerprint density at radius 2 is 1.89 bits per heavy atom. The third kappa shape index (κ3) is 3.69. The van der Waals surface area contributed by atoms with Crippen LogP contribution < -0.4 is 0 Å². The van der Waals surface area contributed by atoms with Crippen LogP contribution in [0.25, 0.3) is 0 Å². The molecule has 1 saturated heterocycles. The minimum Gasteiger partial charge on any atom is -0.370 e. The number of hydrogen-bond donors (Lipinski definition) is 0. The molecule has 1 fully saturated rings. The van der Waals surface area contributed by atoms with Gasteiger partial charge in [-0.15, -0.1) is 0 Å². The monoisotopic (exact) mass is 274 g/mol. The molecule has 114 valence electrons. The second kappa shape index (κ2) is 8.20. The molecule has 1 heterocycles. The summed E-state index contributed by atoms with van der Waals surface area (Å²) in [5.74, 6) is -1.03. The Labute approximate surface area is 117 Å². The summed E-state index contributed by atoms with van der Waals surface area (Å²) < 4.78 is 23.7. The molecular formula is C15H30O4. The van der Waals surface area contributed by atoms with E-state index >= 15 is 0 Å². The standard InChI is InChI=1S/C15H30O4/c1-5-8-10-14(16-4)11-9-13-19-15(14,17-7-3)18-12-6-2/h5-13H2,1-4H3. The molecule has 0 radical (unpaired) electrons. The molecule has 1 aliphatic heterocycles. The zero-order valence-corrected chi connectivity index (χ0v) is 13.0. The average Bonchev–Trinajstić information content (AvgIpc) is 2.45. The van der Waals surface area contributed by atoms with Gasteiger partial charge in [0.2, 0.25) is 0 Å². The molecule has 0 aromatic carbocycles. The molecule has 4 nitrogen and oxygen atoms in total. The fourth-order valence-electron chi connectivity index (χ4n) is 2.73. The van der Waals surface area contributed by atoms with E-state index in [1.165, 1.54) is 0 Å². The molecule has 0 saturated carbocycles. The second-order valence-electron chi connectivity index (χ2n) is 5.09. The van der Waals surface area contributed by atoms with E-state index < -0.39 is 11.6 Å². The van der Waals surface area contributed by atoms with Gasteiger partial charge in [-0.05, 0) is 32.6 Å². The highest BCUT2D eigenvalue weighted by Crippen LogP contribution is 2.43. The van der Waals surface area contributed by atoms with Crippen LogP contribution in [-0.4, -0.2) is 38.5 Å². The summed E-state index contributed by atoms with van der Waals surface area (Å²) in [4.78, 5) is 0. The predicted molar refractivity (Wildman–Crippen MR) is 75.1 cm³/mol. The maximum absolute atomic E-state index is 5.99. The van der Waals surface area contributed by atoms with Gasteiger partial charge >= 0.3 is 5.97 Å². The molecule has 0 spiro atoms. The predicted octanol–water partition coefficient (Wildman–Crippen LogP) is 3.49. The van der Waals surface area contributed by atoms with Crippen LogP contribution in [0, 0.1) is 0 Å². The van der Waals surface area contributed by atoms with E-state index in [4.69, 9.17) is 18.9 Å². The highest BCUT2D eigenvalue weighted by atomic mass is 16.9. The lowest BCUT2D eigenvalue weighted by molar-refractivity contribution is -0.457. The number of rotatable bonds is 9. The van der Waals surface area contributed by atoms with E-state index in [0.717, 1.165) is 38.5 Å². The smallest absolute Gasteiger partial charge is 0.313 e. The number of ether oxygens (including phenoxy) is 4. The summed E-state index contributed by atoms with van der Waals surface area (Å²) in [6.45, 7) is 8.08. The molecule has 0 aromatic heterocycles. The first kappa shape index (κ1) is 16.9. The Morgan fingerprint density at radius 1 is 1.11 bits per heavy atom. The van der Waals surface area contributed by atoms with Crippen LogP contribution in [0.5, 0.6) is 0 Å². The van der Waals surface area contributed by atoms with Crippen molar-refractivity contribution in [1.29, 1.82) is 0 Å². The lowest BCUT2D eigenvalue weighted by Crippen LogP contribution is -2.63. The van der Waals surface area contributed by atoms with Crippen LogP contribution in [0.1, 0.15) is 59.3 Å². The lowest BCUT2D eigenvalue weighted by Gasteiger charge is -2.50. The van der Waals surface area contributed by atoms with Crippen LogP contribution in [0.3, 0.4) is 0 Å². The summed E-state index contributed by atoms with van der Waals surface area (Å²) >= 11 is 0. The second-order valence-corrected chi connectivity index (χ2v) is 5.09. The van der Waals surface area contributed by atoms with E-state index in [1.807, 2.05) is 6.92 Å². The van der Waals surface area contributed by atoms with Gasteiger partial charge in [0.25, 0.3) is 0 Å².